The van der Waals surface area contributed by atoms with Crippen LogP contribution in [0.15, 0.2) is 0 Å². The summed E-state index contributed by atoms with van der Waals surface area (Å²) in [6.07, 6.45) is 6.59. The van der Waals surface area contributed by atoms with Gasteiger partial charge in [0.2, 0.25) is 5.91 Å². The summed E-state index contributed by atoms with van der Waals surface area (Å²) in [6.45, 7) is 0.733. The lowest BCUT2D eigenvalue weighted by Crippen LogP contribution is -2.51. The lowest BCUT2D eigenvalue weighted by atomic mass is 10.1. The number of hydrogen-bond acceptors (Lipinski definition) is 4. The second kappa shape index (κ2) is 5.57. The first-order valence-corrected chi connectivity index (χ1v) is 8.66. The molecule has 3 unspecified atom stereocenters. The Morgan fingerprint density at radius 1 is 1.17 bits per heavy atom. The molecule has 6 heteroatoms. The van der Waals surface area contributed by atoms with E-state index in [1.165, 1.54) is 6.26 Å². The fourth-order valence-corrected chi connectivity index (χ4v) is 4.39. The molecule has 3 atom stereocenters. The van der Waals surface area contributed by atoms with E-state index in [9.17, 15) is 13.2 Å². The van der Waals surface area contributed by atoms with Gasteiger partial charge in [-0.15, -0.1) is 0 Å². The fraction of sp³-hybridized carbons (Fsp3) is 0.917. The van der Waals surface area contributed by atoms with E-state index in [1.807, 2.05) is 0 Å². The molecule has 0 aromatic carbocycles. The van der Waals surface area contributed by atoms with E-state index in [4.69, 9.17) is 0 Å². The minimum atomic E-state index is -3.02. The van der Waals surface area contributed by atoms with Crippen LogP contribution in [0.1, 0.15) is 38.5 Å². The molecule has 2 rings (SSSR count). The van der Waals surface area contributed by atoms with E-state index in [1.54, 1.807) is 0 Å². The van der Waals surface area contributed by atoms with Gasteiger partial charge in [0.15, 0.2) is 9.84 Å². The van der Waals surface area contributed by atoms with E-state index >= 15 is 0 Å². The van der Waals surface area contributed by atoms with Crippen molar-refractivity contribution in [1.82, 2.24) is 10.6 Å². The summed E-state index contributed by atoms with van der Waals surface area (Å²) in [4.78, 5) is 11.8. The van der Waals surface area contributed by atoms with Crippen molar-refractivity contribution in [2.24, 2.45) is 0 Å². The van der Waals surface area contributed by atoms with Crippen LogP contribution in [-0.4, -0.2) is 44.5 Å². The molecular weight excluding hydrogens is 252 g/mol. The second-order valence-electron chi connectivity index (χ2n) is 5.41. The summed E-state index contributed by atoms with van der Waals surface area (Å²) in [5, 5.41) is 5.82. The van der Waals surface area contributed by atoms with Crippen LogP contribution in [0, 0.1) is 0 Å². The number of hydrogen-bond donors (Lipinski definition) is 2. The van der Waals surface area contributed by atoms with Crippen LogP contribution in [0.2, 0.25) is 0 Å². The van der Waals surface area contributed by atoms with Gasteiger partial charge >= 0.3 is 0 Å². The molecule has 2 N–H and O–H groups in total. The van der Waals surface area contributed by atoms with Gasteiger partial charge in [0.25, 0.3) is 0 Å². The Labute approximate surface area is 109 Å². The van der Waals surface area contributed by atoms with Gasteiger partial charge < -0.3 is 10.6 Å². The Bertz CT molecular complexity index is 408. The fourth-order valence-electron chi connectivity index (χ4n) is 2.99. The summed E-state index contributed by atoms with van der Waals surface area (Å²) in [5.41, 5.74) is 0. The molecule has 18 heavy (non-hydrogen) atoms. The quantitative estimate of drug-likeness (QED) is 0.771. The molecule has 0 bridgehead atoms. The molecule has 0 aromatic rings. The van der Waals surface area contributed by atoms with E-state index in [0.29, 0.717) is 6.42 Å². The average molecular weight is 274 g/mol. The highest BCUT2D eigenvalue weighted by Crippen LogP contribution is 2.26. The first-order chi connectivity index (χ1) is 8.48. The topological polar surface area (TPSA) is 75.3 Å². The van der Waals surface area contributed by atoms with Crippen LogP contribution in [0.4, 0.5) is 0 Å². The Morgan fingerprint density at radius 2 is 1.94 bits per heavy atom. The zero-order valence-corrected chi connectivity index (χ0v) is 11.6. The lowest BCUT2D eigenvalue weighted by Gasteiger charge is -2.24. The minimum absolute atomic E-state index is 0.0200. The SMILES string of the molecule is CS(=O)(=O)C1CCCC1NC1CCCCNC1=O. The minimum Gasteiger partial charge on any atom is -0.355 e. The molecule has 1 saturated carbocycles. The first kappa shape index (κ1) is 13.8. The molecule has 0 spiro atoms. The highest BCUT2D eigenvalue weighted by Gasteiger charge is 2.37. The maximum absolute atomic E-state index is 11.8. The number of nitrogens with one attached hydrogen (secondary N) is 2. The molecule has 5 nitrogen and oxygen atoms in total. The van der Waals surface area contributed by atoms with Gasteiger partial charge in [-0.05, 0) is 32.1 Å². The van der Waals surface area contributed by atoms with E-state index in [2.05, 4.69) is 10.6 Å². The van der Waals surface area contributed by atoms with Gasteiger partial charge in [-0.2, -0.15) is 0 Å². The Hall–Kier alpha value is -0.620. The van der Waals surface area contributed by atoms with Crippen LogP contribution in [0.3, 0.4) is 0 Å². The zero-order chi connectivity index (χ0) is 13.2. The third-order valence-electron chi connectivity index (χ3n) is 3.95. The van der Waals surface area contributed by atoms with Crippen molar-refractivity contribution in [3.8, 4) is 0 Å². The van der Waals surface area contributed by atoms with Crippen molar-refractivity contribution >= 4 is 15.7 Å². The molecule has 0 radical (unpaired) electrons. The van der Waals surface area contributed by atoms with Gasteiger partial charge in [-0.3, -0.25) is 4.79 Å². The average Bonchev–Trinajstić information content (AvgIpc) is 2.65. The molecule has 2 aliphatic rings. The predicted molar refractivity (Wildman–Crippen MR) is 70.1 cm³/mol. The van der Waals surface area contributed by atoms with Crippen LogP contribution in [-0.2, 0) is 14.6 Å². The summed E-state index contributed by atoms with van der Waals surface area (Å²) in [6, 6.07) is -0.284. The van der Waals surface area contributed by atoms with E-state index in [-0.39, 0.29) is 23.2 Å². The van der Waals surface area contributed by atoms with E-state index < -0.39 is 9.84 Å². The number of sulfone groups is 1. The number of rotatable bonds is 3. The monoisotopic (exact) mass is 274 g/mol. The predicted octanol–water partition coefficient (Wildman–Crippen LogP) is 0.210. The van der Waals surface area contributed by atoms with Gasteiger partial charge in [-0.25, -0.2) is 8.42 Å². The van der Waals surface area contributed by atoms with Crippen molar-refractivity contribution in [3.05, 3.63) is 0 Å². The highest BCUT2D eigenvalue weighted by atomic mass is 32.2. The maximum Gasteiger partial charge on any atom is 0.237 e. The first-order valence-electron chi connectivity index (χ1n) is 6.71. The summed E-state index contributed by atoms with van der Waals surface area (Å²) in [5.74, 6) is 0.0200. The van der Waals surface area contributed by atoms with Crippen molar-refractivity contribution in [2.75, 3.05) is 12.8 Å². The van der Waals surface area contributed by atoms with Crippen LogP contribution in [0.5, 0.6) is 0 Å². The van der Waals surface area contributed by atoms with Crippen molar-refractivity contribution in [3.63, 3.8) is 0 Å². The van der Waals surface area contributed by atoms with Crippen LogP contribution in [0.25, 0.3) is 0 Å². The third-order valence-corrected chi connectivity index (χ3v) is 5.62. The third kappa shape index (κ3) is 3.23. The highest BCUT2D eigenvalue weighted by molar-refractivity contribution is 7.91. The summed E-state index contributed by atoms with van der Waals surface area (Å²) in [7, 11) is -3.02. The molecule has 1 aliphatic heterocycles. The molecule has 104 valence electrons. The van der Waals surface area contributed by atoms with Gasteiger partial charge in [0.1, 0.15) is 0 Å². The van der Waals surface area contributed by atoms with E-state index in [0.717, 1.165) is 38.6 Å². The van der Waals surface area contributed by atoms with Gasteiger partial charge in [0.05, 0.1) is 11.3 Å². The molecule has 0 aromatic heterocycles. The Balaban J connectivity index is 2.01. The molecule has 1 aliphatic carbocycles. The van der Waals surface area contributed by atoms with Crippen LogP contribution >= 0.6 is 0 Å². The molecular formula is C12H22N2O3S. The van der Waals surface area contributed by atoms with Gasteiger partial charge in [0, 0.05) is 18.8 Å². The number of carbonyl (C=O) groups excluding carboxylic acids is 1. The van der Waals surface area contributed by atoms with Crippen LogP contribution < -0.4 is 10.6 Å². The lowest BCUT2D eigenvalue weighted by molar-refractivity contribution is -0.123. The van der Waals surface area contributed by atoms with Crippen molar-refractivity contribution in [2.45, 2.75) is 55.9 Å². The second-order valence-corrected chi connectivity index (χ2v) is 7.68. The summed E-state index contributed by atoms with van der Waals surface area (Å²) >= 11 is 0. The zero-order valence-electron chi connectivity index (χ0n) is 10.8. The molecule has 1 heterocycles. The van der Waals surface area contributed by atoms with Crippen molar-refractivity contribution < 1.29 is 13.2 Å². The molecule has 1 saturated heterocycles. The number of carbonyl (C=O) groups is 1. The smallest absolute Gasteiger partial charge is 0.237 e. The maximum atomic E-state index is 11.8. The largest absolute Gasteiger partial charge is 0.355 e. The molecule has 1 amide bonds. The van der Waals surface area contributed by atoms with Gasteiger partial charge in [-0.1, -0.05) is 6.42 Å². The van der Waals surface area contributed by atoms with Crippen molar-refractivity contribution in [1.29, 1.82) is 0 Å². The normalized spacial score (nSPS) is 34.1. The summed E-state index contributed by atoms with van der Waals surface area (Å²) < 4.78 is 23.4. The number of amides is 1. The Kier molecular flexibility index (Phi) is 4.27. The molecule has 2 fully saturated rings. The standard InChI is InChI=1S/C12H22N2O3S/c1-18(16,17)11-7-4-6-9(11)14-10-5-2-3-8-13-12(10)15/h9-11,14H,2-8H2,1H3,(H,13,15). The Morgan fingerprint density at radius 3 is 2.67 bits per heavy atom.